The Balaban J connectivity index is 0.000000695. The molecule has 0 spiro atoms. The molecule has 3 heterocycles. The van der Waals surface area contributed by atoms with Crippen LogP contribution in [0.15, 0.2) is 36.7 Å². The van der Waals surface area contributed by atoms with Gasteiger partial charge in [0.15, 0.2) is 23.2 Å². The molecule has 3 aromatic rings. The zero-order valence-corrected chi connectivity index (χ0v) is 20.8. The van der Waals surface area contributed by atoms with Crippen LogP contribution < -0.4 is 11.6 Å². The number of benzene rings is 1. The number of nitrogens with zero attached hydrogens (tertiary/aromatic N) is 5. The molecule has 16 heteroatoms. The average molecular weight is 542 g/mol. The standard InChI is InChI=1S/C21H29N7O4.H2O4S/c1-27(9-5-6-10-31-23)11-14-16(29)17(30)21(32-14)28-19(13-7-3-2-4-8-13)26-15-18(22)24-12-25-20(15)28;1-5(2,3)4/h2-4,7-8,12,14,16-17,21,29-30H,5-6,9-11,23H2,1H3,(H2,22,24,25);(H2,1,2,3,4)/t14-,16-,17-,21-;/m1./s1. The number of likely N-dealkylation sites (N-methyl/N-ethyl adjacent to an activating group) is 1. The minimum absolute atomic E-state index is 0.233. The highest BCUT2D eigenvalue weighted by Gasteiger charge is 2.45. The highest BCUT2D eigenvalue weighted by molar-refractivity contribution is 7.79. The number of unbranched alkanes of at least 4 members (excludes halogenated alkanes) is 1. The Labute approximate surface area is 213 Å². The molecule has 0 bridgehead atoms. The Morgan fingerprint density at radius 3 is 2.46 bits per heavy atom. The lowest BCUT2D eigenvalue weighted by Crippen LogP contribution is -2.38. The van der Waals surface area contributed by atoms with Gasteiger partial charge < -0.3 is 30.4 Å². The largest absolute Gasteiger partial charge is 0.394 e. The topological polar surface area (TPSA) is 232 Å². The number of aliphatic hydroxyl groups is 2. The first-order chi connectivity index (χ1) is 17.5. The molecule has 204 valence electrons. The van der Waals surface area contributed by atoms with E-state index in [1.165, 1.54) is 6.33 Å². The fraction of sp³-hybridized carbons (Fsp3) is 0.476. The van der Waals surface area contributed by atoms with E-state index in [0.717, 1.165) is 24.9 Å². The van der Waals surface area contributed by atoms with Gasteiger partial charge in [-0.15, -0.1) is 0 Å². The highest BCUT2D eigenvalue weighted by atomic mass is 32.3. The van der Waals surface area contributed by atoms with Crippen LogP contribution in [0, 0.1) is 0 Å². The number of imidazole rings is 1. The second kappa shape index (κ2) is 12.6. The lowest BCUT2D eigenvalue weighted by molar-refractivity contribution is -0.0414. The fourth-order valence-electron chi connectivity index (χ4n) is 4.02. The average Bonchev–Trinajstić information content (AvgIpc) is 3.35. The van der Waals surface area contributed by atoms with Gasteiger partial charge in [0.2, 0.25) is 0 Å². The lowest BCUT2D eigenvalue weighted by Gasteiger charge is -2.23. The number of aliphatic hydroxyl groups excluding tert-OH is 2. The molecule has 1 fully saturated rings. The van der Waals surface area contributed by atoms with Gasteiger partial charge in [0, 0.05) is 12.1 Å². The van der Waals surface area contributed by atoms with Crippen LogP contribution in [0.1, 0.15) is 19.1 Å². The van der Waals surface area contributed by atoms with Gasteiger partial charge in [-0.05, 0) is 26.4 Å². The van der Waals surface area contributed by atoms with Crippen molar-refractivity contribution in [3.8, 4) is 11.4 Å². The van der Waals surface area contributed by atoms with E-state index in [1.807, 2.05) is 42.3 Å². The summed E-state index contributed by atoms with van der Waals surface area (Å²) < 4.78 is 39.4. The molecule has 1 aliphatic heterocycles. The zero-order chi connectivity index (χ0) is 27.2. The van der Waals surface area contributed by atoms with Crippen molar-refractivity contribution in [3.05, 3.63) is 36.7 Å². The molecule has 1 aliphatic rings. The van der Waals surface area contributed by atoms with Gasteiger partial charge in [-0.3, -0.25) is 13.7 Å². The third kappa shape index (κ3) is 7.60. The summed E-state index contributed by atoms with van der Waals surface area (Å²) in [6.45, 7) is 1.73. The number of ether oxygens (including phenoxy) is 1. The normalized spacial score (nSPS) is 21.8. The maximum atomic E-state index is 10.9. The number of anilines is 1. The van der Waals surface area contributed by atoms with E-state index in [2.05, 4.69) is 19.8 Å². The molecular weight excluding hydrogens is 510 g/mol. The molecule has 2 aromatic heterocycles. The van der Waals surface area contributed by atoms with Gasteiger partial charge >= 0.3 is 10.4 Å². The second-order valence-electron chi connectivity index (χ2n) is 8.44. The van der Waals surface area contributed by atoms with Crippen LogP contribution in [0.2, 0.25) is 0 Å². The van der Waals surface area contributed by atoms with Crippen LogP contribution in [0.3, 0.4) is 0 Å². The molecule has 15 nitrogen and oxygen atoms in total. The Morgan fingerprint density at radius 2 is 1.81 bits per heavy atom. The maximum Gasteiger partial charge on any atom is 0.394 e. The Kier molecular flexibility index (Phi) is 9.82. The van der Waals surface area contributed by atoms with Gasteiger partial charge in [-0.1, -0.05) is 30.3 Å². The zero-order valence-electron chi connectivity index (χ0n) is 20.0. The molecule has 0 radical (unpaired) electrons. The molecule has 37 heavy (non-hydrogen) atoms. The van der Waals surface area contributed by atoms with E-state index in [4.69, 9.17) is 33.9 Å². The molecule has 1 saturated heterocycles. The second-order valence-corrected chi connectivity index (χ2v) is 9.33. The minimum Gasteiger partial charge on any atom is -0.387 e. The third-order valence-electron chi connectivity index (χ3n) is 5.67. The van der Waals surface area contributed by atoms with E-state index >= 15 is 0 Å². The highest BCUT2D eigenvalue weighted by Crippen LogP contribution is 2.36. The van der Waals surface area contributed by atoms with Gasteiger partial charge in [0.05, 0.1) is 6.61 Å². The van der Waals surface area contributed by atoms with E-state index in [9.17, 15) is 10.2 Å². The number of hydrogen-bond acceptors (Lipinski definition) is 12. The van der Waals surface area contributed by atoms with Gasteiger partial charge in [-0.25, -0.2) is 20.8 Å². The first-order valence-corrected chi connectivity index (χ1v) is 12.7. The minimum atomic E-state index is -4.67. The first-order valence-electron chi connectivity index (χ1n) is 11.3. The van der Waals surface area contributed by atoms with E-state index < -0.39 is 34.9 Å². The van der Waals surface area contributed by atoms with Crippen molar-refractivity contribution in [3.63, 3.8) is 0 Å². The van der Waals surface area contributed by atoms with Crippen LogP contribution in [0.5, 0.6) is 0 Å². The number of nitrogen functional groups attached to an aromatic ring is 1. The summed E-state index contributed by atoms with van der Waals surface area (Å²) >= 11 is 0. The molecule has 0 saturated carbocycles. The quantitative estimate of drug-likeness (QED) is 0.115. The monoisotopic (exact) mass is 541 g/mol. The summed E-state index contributed by atoms with van der Waals surface area (Å²) in [4.78, 5) is 19.6. The molecule has 8 N–H and O–H groups in total. The number of fused-ring (bicyclic) bond motifs is 1. The van der Waals surface area contributed by atoms with E-state index in [-0.39, 0.29) is 5.82 Å². The predicted molar refractivity (Wildman–Crippen MR) is 132 cm³/mol. The van der Waals surface area contributed by atoms with Crippen LogP contribution in [0.4, 0.5) is 5.82 Å². The molecule has 4 rings (SSSR count). The molecule has 0 unspecified atom stereocenters. The summed E-state index contributed by atoms with van der Waals surface area (Å²) in [7, 11) is -2.73. The molecular formula is C21H31N7O8S. The molecule has 1 aromatic carbocycles. The van der Waals surface area contributed by atoms with Crippen molar-refractivity contribution >= 4 is 27.4 Å². The molecule has 0 aliphatic carbocycles. The summed E-state index contributed by atoms with van der Waals surface area (Å²) in [5, 5.41) is 21.7. The van der Waals surface area contributed by atoms with Crippen LogP contribution in [-0.2, 0) is 20.0 Å². The van der Waals surface area contributed by atoms with Gasteiger partial charge in [0.25, 0.3) is 0 Å². The van der Waals surface area contributed by atoms with E-state index in [0.29, 0.717) is 30.1 Å². The van der Waals surface area contributed by atoms with Crippen LogP contribution in [0.25, 0.3) is 22.6 Å². The Morgan fingerprint density at radius 1 is 1.14 bits per heavy atom. The first kappa shape index (κ1) is 28.8. The van der Waals surface area contributed by atoms with Crippen molar-refractivity contribution in [2.24, 2.45) is 5.90 Å². The molecule has 0 amide bonds. The van der Waals surface area contributed by atoms with E-state index in [1.54, 1.807) is 4.57 Å². The van der Waals surface area contributed by atoms with Crippen molar-refractivity contribution in [1.82, 2.24) is 24.4 Å². The number of nitrogens with two attached hydrogens (primary N) is 2. The number of aromatic nitrogens is 4. The third-order valence-corrected chi connectivity index (χ3v) is 5.67. The smallest absolute Gasteiger partial charge is 0.387 e. The SMILES string of the molecule is CN(CCCCON)C[C@H]1O[C@@H](n2c(-c3ccccc3)nc3c(N)ncnc32)[C@H](O)[C@@H]1O.O=S(=O)(O)O. The Bertz CT molecular complexity index is 1250. The van der Waals surface area contributed by atoms with Gasteiger partial charge in [-0.2, -0.15) is 8.42 Å². The number of hydrogen-bond donors (Lipinski definition) is 6. The predicted octanol–water partition coefficient (Wildman–Crippen LogP) is -0.356. The maximum absolute atomic E-state index is 10.9. The van der Waals surface area contributed by atoms with Crippen LogP contribution in [-0.4, -0.2) is 97.2 Å². The fourth-order valence-corrected chi connectivity index (χ4v) is 4.02. The van der Waals surface area contributed by atoms with Crippen LogP contribution >= 0.6 is 0 Å². The molecule has 4 atom stereocenters. The lowest BCUT2D eigenvalue weighted by atomic mass is 10.1. The van der Waals surface area contributed by atoms with Crippen molar-refractivity contribution < 1.29 is 37.3 Å². The van der Waals surface area contributed by atoms with Crippen molar-refractivity contribution in [1.29, 1.82) is 0 Å². The summed E-state index contributed by atoms with van der Waals surface area (Å²) in [5.41, 5.74) is 7.69. The summed E-state index contributed by atoms with van der Waals surface area (Å²) in [5.74, 6) is 5.82. The Hall–Kier alpha value is -2.80. The number of rotatable bonds is 9. The van der Waals surface area contributed by atoms with Crippen molar-refractivity contribution in [2.45, 2.75) is 37.4 Å². The summed E-state index contributed by atoms with van der Waals surface area (Å²) in [6, 6.07) is 9.48. The van der Waals surface area contributed by atoms with Crippen molar-refractivity contribution in [2.75, 3.05) is 32.5 Å². The summed E-state index contributed by atoms with van der Waals surface area (Å²) in [6.07, 6.45) is -0.649. The van der Waals surface area contributed by atoms with Gasteiger partial charge in [0.1, 0.15) is 30.5 Å².